The van der Waals surface area contributed by atoms with Crippen molar-refractivity contribution in [2.24, 2.45) is 4.99 Å². The van der Waals surface area contributed by atoms with Gasteiger partial charge in [0.25, 0.3) is 5.91 Å². The molecule has 1 amide bonds. The number of methoxy groups -OCH3 is 1. The van der Waals surface area contributed by atoms with Gasteiger partial charge >= 0.3 is 5.97 Å². The number of nitrogens with zero attached hydrogens (tertiary/aromatic N) is 2. The first-order valence-corrected chi connectivity index (χ1v) is 10.1. The Morgan fingerprint density at radius 2 is 1.89 bits per heavy atom. The summed E-state index contributed by atoms with van der Waals surface area (Å²) >= 11 is 4.81. The summed E-state index contributed by atoms with van der Waals surface area (Å²) in [4.78, 5) is 29.7. The fraction of sp³-hybridized carbons (Fsp3) is 0.0952. The second-order valence-corrected chi connectivity index (χ2v) is 8.03. The molecule has 1 heterocycles. The van der Waals surface area contributed by atoms with E-state index in [0.29, 0.717) is 10.4 Å². The molecule has 3 aromatic carbocycles. The maximum atomic E-state index is 13.0. The Morgan fingerprint density at radius 3 is 2.71 bits per heavy atom. The van der Waals surface area contributed by atoms with Gasteiger partial charge in [0, 0.05) is 10.0 Å². The van der Waals surface area contributed by atoms with Gasteiger partial charge in [0.15, 0.2) is 4.80 Å². The van der Waals surface area contributed by atoms with E-state index < -0.39 is 5.97 Å². The van der Waals surface area contributed by atoms with Crippen molar-refractivity contribution in [1.29, 1.82) is 0 Å². The van der Waals surface area contributed by atoms with E-state index in [1.54, 1.807) is 10.6 Å². The minimum Gasteiger partial charge on any atom is -0.468 e. The molecule has 0 unspecified atom stereocenters. The average molecular weight is 455 g/mol. The van der Waals surface area contributed by atoms with Gasteiger partial charge < -0.3 is 9.30 Å². The van der Waals surface area contributed by atoms with E-state index in [0.717, 1.165) is 25.5 Å². The van der Waals surface area contributed by atoms with E-state index in [2.05, 4.69) is 20.9 Å². The second kappa shape index (κ2) is 7.69. The lowest BCUT2D eigenvalue weighted by Gasteiger charge is -2.04. The zero-order chi connectivity index (χ0) is 19.7. The van der Waals surface area contributed by atoms with Crippen molar-refractivity contribution in [3.8, 4) is 0 Å². The number of hydrogen-bond acceptors (Lipinski definition) is 4. The Balaban J connectivity index is 1.89. The molecule has 4 aromatic rings. The molecular weight excluding hydrogens is 440 g/mol. The van der Waals surface area contributed by atoms with Gasteiger partial charge in [-0.3, -0.25) is 9.59 Å². The van der Waals surface area contributed by atoms with Crippen LogP contribution >= 0.6 is 27.3 Å². The smallest absolute Gasteiger partial charge is 0.325 e. The van der Waals surface area contributed by atoms with Crippen molar-refractivity contribution >= 4 is 60.1 Å². The monoisotopic (exact) mass is 454 g/mol. The molecule has 0 spiro atoms. The lowest BCUT2D eigenvalue weighted by atomic mass is 10.0. The minimum absolute atomic E-state index is 0.0141. The molecule has 0 bridgehead atoms. The SMILES string of the molecule is COC(=O)Cn1c(=NC(=O)c2cccc3ccccc23)sc2cc(Br)ccc21. The number of esters is 1. The summed E-state index contributed by atoms with van der Waals surface area (Å²) in [6.07, 6.45) is 0. The van der Waals surface area contributed by atoms with Gasteiger partial charge in [-0.25, -0.2) is 0 Å². The minimum atomic E-state index is -0.401. The number of benzene rings is 3. The zero-order valence-corrected chi connectivity index (χ0v) is 17.3. The Morgan fingerprint density at radius 1 is 1.11 bits per heavy atom. The molecule has 5 nitrogen and oxygen atoms in total. The lowest BCUT2D eigenvalue weighted by molar-refractivity contribution is -0.141. The third-order valence-electron chi connectivity index (χ3n) is 4.38. The van der Waals surface area contributed by atoms with Crippen LogP contribution in [0.4, 0.5) is 0 Å². The highest BCUT2D eigenvalue weighted by molar-refractivity contribution is 9.10. The number of ether oxygens (including phenoxy) is 1. The highest BCUT2D eigenvalue weighted by Gasteiger charge is 2.14. The zero-order valence-electron chi connectivity index (χ0n) is 14.9. The maximum absolute atomic E-state index is 13.0. The number of carbonyl (C=O) groups excluding carboxylic acids is 2. The molecule has 0 aliphatic heterocycles. The van der Waals surface area contributed by atoms with Gasteiger partial charge in [-0.05, 0) is 35.0 Å². The Bertz CT molecular complexity index is 1280. The van der Waals surface area contributed by atoms with E-state index in [1.807, 2.05) is 54.6 Å². The molecule has 0 fully saturated rings. The van der Waals surface area contributed by atoms with Crippen LogP contribution in [0, 0.1) is 0 Å². The summed E-state index contributed by atoms with van der Waals surface area (Å²) in [5.74, 6) is -0.747. The van der Waals surface area contributed by atoms with Crippen LogP contribution in [0.2, 0.25) is 0 Å². The number of carbonyl (C=O) groups is 2. The number of hydrogen-bond donors (Lipinski definition) is 0. The van der Waals surface area contributed by atoms with Crippen LogP contribution in [0.15, 0.2) is 70.1 Å². The average Bonchev–Trinajstić information content (AvgIpc) is 3.03. The molecule has 0 saturated heterocycles. The summed E-state index contributed by atoms with van der Waals surface area (Å²) < 4.78 is 8.35. The maximum Gasteiger partial charge on any atom is 0.325 e. The van der Waals surface area contributed by atoms with Gasteiger partial charge in [-0.1, -0.05) is 63.7 Å². The van der Waals surface area contributed by atoms with Crippen LogP contribution in [0.3, 0.4) is 0 Å². The number of rotatable bonds is 3. The number of aromatic nitrogens is 1. The molecule has 1 aromatic heterocycles. The van der Waals surface area contributed by atoms with Crippen molar-refractivity contribution in [2.75, 3.05) is 7.11 Å². The lowest BCUT2D eigenvalue weighted by Crippen LogP contribution is -2.22. The highest BCUT2D eigenvalue weighted by atomic mass is 79.9. The predicted molar refractivity (Wildman–Crippen MR) is 113 cm³/mol. The van der Waals surface area contributed by atoms with Crippen LogP contribution in [0.25, 0.3) is 21.0 Å². The third kappa shape index (κ3) is 3.50. The number of fused-ring (bicyclic) bond motifs is 2. The van der Waals surface area contributed by atoms with Crippen LogP contribution in [-0.4, -0.2) is 23.6 Å². The fourth-order valence-corrected chi connectivity index (χ4v) is 4.62. The van der Waals surface area contributed by atoms with Gasteiger partial charge in [0.05, 0.1) is 17.3 Å². The molecule has 0 saturated carbocycles. The van der Waals surface area contributed by atoms with Crippen molar-refractivity contribution in [3.63, 3.8) is 0 Å². The summed E-state index contributed by atoms with van der Waals surface area (Å²) in [5, 5.41) is 1.83. The van der Waals surface area contributed by atoms with Gasteiger partial charge in [0.1, 0.15) is 6.54 Å². The fourth-order valence-electron chi connectivity index (χ4n) is 3.04. The Labute approximate surface area is 173 Å². The van der Waals surface area contributed by atoms with E-state index in [-0.39, 0.29) is 12.5 Å². The van der Waals surface area contributed by atoms with Crippen molar-refractivity contribution in [2.45, 2.75) is 6.54 Å². The predicted octanol–water partition coefficient (Wildman–Crippen LogP) is 4.53. The van der Waals surface area contributed by atoms with Crippen molar-refractivity contribution in [1.82, 2.24) is 4.57 Å². The summed E-state index contributed by atoms with van der Waals surface area (Å²) in [5.41, 5.74) is 1.35. The van der Waals surface area contributed by atoms with Crippen LogP contribution < -0.4 is 4.80 Å². The first kappa shape index (κ1) is 18.6. The normalized spacial score (nSPS) is 11.9. The number of halogens is 1. The molecule has 0 atom stereocenters. The van der Waals surface area contributed by atoms with Gasteiger partial charge in [-0.2, -0.15) is 4.99 Å². The third-order valence-corrected chi connectivity index (χ3v) is 5.91. The standard InChI is InChI=1S/C21H15BrN2O3S/c1-27-19(25)12-24-17-10-9-14(22)11-18(17)28-21(24)23-20(26)16-8-4-6-13-5-2-3-7-15(13)16/h2-11H,12H2,1H3. The first-order valence-electron chi connectivity index (χ1n) is 8.49. The van der Waals surface area contributed by atoms with E-state index in [1.165, 1.54) is 18.4 Å². The van der Waals surface area contributed by atoms with Crippen LogP contribution in [0.1, 0.15) is 10.4 Å². The first-order chi connectivity index (χ1) is 13.6. The van der Waals surface area contributed by atoms with Crippen LogP contribution in [-0.2, 0) is 16.1 Å². The summed E-state index contributed by atoms with van der Waals surface area (Å²) in [6.45, 7) is -0.0141. The molecule has 140 valence electrons. The molecule has 0 aliphatic rings. The topological polar surface area (TPSA) is 60.7 Å². The molecule has 4 rings (SSSR count). The summed E-state index contributed by atoms with van der Waals surface area (Å²) in [7, 11) is 1.34. The van der Waals surface area contributed by atoms with Gasteiger partial charge in [-0.15, -0.1) is 0 Å². The van der Waals surface area contributed by atoms with E-state index in [4.69, 9.17) is 4.74 Å². The van der Waals surface area contributed by atoms with Gasteiger partial charge in [0.2, 0.25) is 0 Å². The van der Waals surface area contributed by atoms with E-state index in [9.17, 15) is 9.59 Å². The second-order valence-electron chi connectivity index (χ2n) is 6.10. The molecular formula is C21H15BrN2O3S. The number of thiazole rings is 1. The highest BCUT2D eigenvalue weighted by Crippen LogP contribution is 2.23. The molecule has 0 radical (unpaired) electrons. The van der Waals surface area contributed by atoms with Crippen molar-refractivity contribution in [3.05, 3.63) is 75.5 Å². The van der Waals surface area contributed by atoms with Crippen molar-refractivity contribution < 1.29 is 14.3 Å². The largest absolute Gasteiger partial charge is 0.468 e. The summed E-state index contributed by atoms with van der Waals surface area (Å²) in [6, 6.07) is 19.0. The quantitative estimate of drug-likeness (QED) is 0.427. The molecule has 0 N–H and O–H groups in total. The molecule has 7 heteroatoms. The molecule has 28 heavy (non-hydrogen) atoms. The Hall–Kier alpha value is -2.77. The van der Waals surface area contributed by atoms with E-state index >= 15 is 0 Å². The molecule has 0 aliphatic carbocycles. The number of amides is 1. The Kier molecular flexibility index (Phi) is 5.11. The van der Waals surface area contributed by atoms with Crippen LogP contribution in [0.5, 0.6) is 0 Å².